The summed E-state index contributed by atoms with van der Waals surface area (Å²) in [6.45, 7) is 3.49. The number of carboxylic acids is 1. The molecule has 0 spiro atoms. The van der Waals surface area contributed by atoms with E-state index >= 15 is 0 Å². The lowest BCUT2D eigenvalue weighted by Crippen LogP contribution is -2.64. The quantitative estimate of drug-likeness (QED) is 0.872. The molecule has 1 heterocycles. The third-order valence-corrected chi connectivity index (χ3v) is 3.54. The predicted molar refractivity (Wildman–Crippen MR) is 62.8 cm³/mol. The zero-order chi connectivity index (χ0) is 13.5. The van der Waals surface area contributed by atoms with Crippen molar-refractivity contribution in [3.63, 3.8) is 0 Å². The number of benzene rings is 1. The molecular weight excluding hydrogens is 237 g/mol. The van der Waals surface area contributed by atoms with Crippen molar-refractivity contribution in [2.75, 3.05) is 6.54 Å². The van der Waals surface area contributed by atoms with Gasteiger partial charge in [0.25, 0.3) is 5.91 Å². The molecule has 0 aromatic heterocycles. The summed E-state index contributed by atoms with van der Waals surface area (Å²) >= 11 is 0. The number of nitrogens with zero attached hydrogens (tertiary/aromatic N) is 1. The van der Waals surface area contributed by atoms with Crippen molar-refractivity contribution >= 4 is 11.9 Å². The highest BCUT2D eigenvalue weighted by atomic mass is 19.1. The Morgan fingerprint density at radius 3 is 2.56 bits per heavy atom. The Kier molecular flexibility index (Phi) is 2.84. The first kappa shape index (κ1) is 12.5. The van der Waals surface area contributed by atoms with Crippen LogP contribution >= 0.6 is 0 Å². The molecule has 5 heteroatoms. The number of carbonyl (C=O) groups excluding carboxylic acids is 1. The van der Waals surface area contributed by atoms with Gasteiger partial charge in [0.1, 0.15) is 11.4 Å². The number of halogens is 1. The second-order valence-corrected chi connectivity index (χ2v) is 4.75. The molecular formula is C13H14FNO3. The predicted octanol–water partition coefficient (Wildman–Crippen LogP) is 1.82. The van der Waals surface area contributed by atoms with Crippen molar-refractivity contribution in [1.29, 1.82) is 0 Å². The lowest BCUT2D eigenvalue weighted by Gasteiger charge is -2.47. The van der Waals surface area contributed by atoms with Crippen molar-refractivity contribution in [1.82, 2.24) is 4.90 Å². The Labute approximate surface area is 104 Å². The van der Waals surface area contributed by atoms with Crippen molar-refractivity contribution in [2.45, 2.75) is 25.8 Å². The maximum absolute atomic E-state index is 13.4. The summed E-state index contributed by atoms with van der Waals surface area (Å²) < 4.78 is 13.4. The van der Waals surface area contributed by atoms with Gasteiger partial charge >= 0.3 is 5.97 Å². The van der Waals surface area contributed by atoms with E-state index < -0.39 is 23.2 Å². The van der Waals surface area contributed by atoms with Gasteiger partial charge in [-0.2, -0.15) is 0 Å². The van der Waals surface area contributed by atoms with E-state index in [4.69, 9.17) is 5.11 Å². The Hall–Kier alpha value is -1.91. The van der Waals surface area contributed by atoms with Crippen LogP contribution in [0, 0.1) is 12.7 Å². The van der Waals surface area contributed by atoms with Crippen LogP contribution in [0.5, 0.6) is 0 Å². The van der Waals surface area contributed by atoms with Crippen LogP contribution in [0.1, 0.15) is 29.3 Å². The van der Waals surface area contributed by atoms with Gasteiger partial charge in [-0.05, 0) is 38.0 Å². The molecule has 1 aromatic rings. The molecule has 1 aliphatic rings. The molecule has 96 valence electrons. The molecule has 0 saturated carbocycles. The molecule has 0 bridgehead atoms. The van der Waals surface area contributed by atoms with E-state index in [1.807, 2.05) is 0 Å². The highest BCUT2D eigenvalue weighted by molar-refractivity contribution is 5.99. The topological polar surface area (TPSA) is 57.6 Å². The lowest BCUT2D eigenvalue weighted by molar-refractivity contribution is -0.155. The van der Waals surface area contributed by atoms with Gasteiger partial charge in [0.2, 0.25) is 0 Å². The van der Waals surface area contributed by atoms with Gasteiger partial charge in [-0.1, -0.05) is 6.07 Å². The van der Waals surface area contributed by atoms with Crippen molar-refractivity contribution in [3.8, 4) is 0 Å². The number of aliphatic carboxylic acids is 1. The first-order valence-electron chi connectivity index (χ1n) is 5.68. The summed E-state index contributed by atoms with van der Waals surface area (Å²) in [5.74, 6) is -1.93. The molecule has 1 aliphatic heterocycles. The van der Waals surface area contributed by atoms with Gasteiger partial charge in [0, 0.05) is 12.1 Å². The van der Waals surface area contributed by atoms with Gasteiger partial charge < -0.3 is 10.0 Å². The number of aryl methyl sites for hydroxylation is 1. The minimum atomic E-state index is -1.17. The highest BCUT2D eigenvalue weighted by Gasteiger charge is 2.49. The Balaban J connectivity index is 2.27. The van der Waals surface area contributed by atoms with Gasteiger partial charge in [-0.15, -0.1) is 0 Å². The SMILES string of the molecule is Cc1ccc(C(=O)N2CCC2(C)C(=O)O)cc1F. The molecule has 2 rings (SSSR count). The summed E-state index contributed by atoms with van der Waals surface area (Å²) in [4.78, 5) is 24.5. The minimum Gasteiger partial charge on any atom is -0.480 e. The largest absolute Gasteiger partial charge is 0.480 e. The van der Waals surface area contributed by atoms with Crippen LogP contribution in [0.2, 0.25) is 0 Å². The molecule has 18 heavy (non-hydrogen) atoms. The van der Waals surface area contributed by atoms with Crippen molar-refractivity contribution < 1.29 is 19.1 Å². The molecule has 1 N–H and O–H groups in total. The molecule has 0 aliphatic carbocycles. The summed E-state index contributed by atoms with van der Waals surface area (Å²) in [5, 5.41) is 9.09. The van der Waals surface area contributed by atoms with Gasteiger partial charge in [0.15, 0.2) is 0 Å². The van der Waals surface area contributed by atoms with Crippen molar-refractivity contribution in [2.24, 2.45) is 0 Å². The zero-order valence-electron chi connectivity index (χ0n) is 10.2. The molecule has 0 radical (unpaired) electrons. The molecule has 1 amide bonds. The summed E-state index contributed by atoms with van der Waals surface area (Å²) in [6, 6.07) is 4.18. The normalized spacial score (nSPS) is 22.5. The Morgan fingerprint density at radius 2 is 2.11 bits per heavy atom. The molecule has 4 nitrogen and oxygen atoms in total. The third-order valence-electron chi connectivity index (χ3n) is 3.54. The molecule has 1 atom stereocenters. The number of likely N-dealkylation sites (tertiary alicyclic amines) is 1. The minimum absolute atomic E-state index is 0.185. The fourth-order valence-electron chi connectivity index (χ4n) is 1.99. The van der Waals surface area contributed by atoms with Crippen LogP contribution < -0.4 is 0 Å². The Morgan fingerprint density at radius 1 is 1.44 bits per heavy atom. The summed E-state index contributed by atoms with van der Waals surface area (Å²) in [7, 11) is 0. The number of hydrogen-bond donors (Lipinski definition) is 1. The van der Waals surface area contributed by atoms with E-state index in [1.165, 1.54) is 24.0 Å². The summed E-state index contributed by atoms with van der Waals surface area (Å²) in [6.07, 6.45) is 0.419. The molecule has 1 fully saturated rings. The number of amides is 1. The van der Waals surface area contributed by atoms with Gasteiger partial charge in [-0.3, -0.25) is 4.79 Å². The van der Waals surface area contributed by atoms with Crippen LogP contribution in [0.15, 0.2) is 18.2 Å². The molecule has 1 aromatic carbocycles. The Bertz CT molecular complexity index is 529. The second-order valence-electron chi connectivity index (χ2n) is 4.75. The van der Waals surface area contributed by atoms with E-state index in [1.54, 1.807) is 6.92 Å². The van der Waals surface area contributed by atoms with Gasteiger partial charge in [0.05, 0.1) is 0 Å². The first-order valence-corrected chi connectivity index (χ1v) is 5.68. The second kappa shape index (κ2) is 4.08. The van der Waals surface area contributed by atoms with Crippen LogP contribution in [0.4, 0.5) is 4.39 Å². The van der Waals surface area contributed by atoms with Crippen LogP contribution in [0.25, 0.3) is 0 Å². The van der Waals surface area contributed by atoms with Crippen LogP contribution in [0.3, 0.4) is 0 Å². The maximum Gasteiger partial charge on any atom is 0.329 e. The third kappa shape index (κ3) is 1.75. The number of carbonyl (C=O) groups is 2. The van der Waals surface area contributed by atoms with E-state index in [-0.39, 0.29) is 5.56 Å². The van der Waals surface area contributed by atoms with E-state index in [2.05, 4.69) is 0 Å². The average Bonchev–Trinajstić information content (AvgIpc) is 2.29. The lowest BCUT2D eigenvalue weighted by atomic mass is 9.86. The van der Waals surface area contributed by atoms with E-state index in [9.17, 15) is 14.0 Å². The number of hydrogen-bond acceptors (Lipinski definition) is 2. The number of rotatable bonds is 2. The van der Waals surface area contributed by atoms with E-state index in [0.717, 1.165) is 6.07 Å². The standard InChI is InChI=1S/C13H14FNO3/c1-8-3-4-9(7-10(8)14)11(16)15-6-5-13(15,2)12(17)18/h3-4,7H,5-6H2,1-2H3,(H,17,18). The zero-order valence-corrected chi connectivity index (χ0v) is 10.2. The molecule has 1 unspecified atom stereocenters. The first-order chi connectivity index (χ1) is 8.36. The number of carboxylic acid groups (broad SMARTS) is 1. The smallest absolute Gasteiger partial charge is 0.329 e. The van der Waals surface area contributed by atoms with Crippen molar-refractivity contribution in [3.05, 3.63) is 35.1 Å². The van der Waals surface area contributed by atoms with Crippen LogP contribution in [-0.2, 0) is 4.79 Å². The monoisotopic (exact) mass is 251 g/mol. The van der Waals surface area contributed by atoms with E-state index in [0.29, 0.717) is 18.5 Å². The summed E-state index contributed by atoms with van der Waals surface area (Å²) in [5.41, 5.74) is -0.528. The van der Waals surface area contributed by atoms with Gasteiger partial charge in [-0.25, -0.2) is 9.18 Å². The maximum atomic E-state index is 13.4. The highest BCUT2D eigenvalue weighted by Crippen LogP contribution is 2.32. The fraction of sp³-hybridized carbons (Fsp3) is 0.385. The fourth-order valence-corrected chi connectivity index (χ4v) is 1.99. The van der Waals surface area contributed by atoms with Crippen LogP contribution in [-0.4, -0.2) is 34.0 Å². The average molecular weight is 251 g/mol. The molecule has 1 saturated heterocycles.